The minimum Gasteiger partial charge on any atom is -0.487 e. The Morgan fingerprint density at radius 2 is 1.57 bits per heavy atom. The predicted molar refractivity (Wildman–Crippen MR) is 165 cm³/mol. The van der Waals surface area contributed by atoms with Crippen LogP contribution in [0.5, 0.6) is 17.4 Å². The van der Waals surface area contributed by atoms with Crippen LogP contribution in [0.4, 0.5) is 4.79 Å². The van der Waals surface area contributed by atoms with Gasteiger partial charge in [0.25, 0.3) is 0 Å². The zero-order valence-electron chi connectivity index (χ0n) is 24.7. The number of carbonyl (C=O) groups is 2. The molecule has 0 unspecified atom stereocenters. The van der Waals surface area contributed by atoms with Crippen LogP contribution in [-0.2, 0) is 24.4 Å². The summed E-state index contributed by atoms with van der Waals surface area (Å²) in [5.41, 5.74) is 3.58. The lowest BCUT2D eigenvalue weighted by molar-refractivity contribution is 0.0543. The molecule has 44 heavy (non-hydrogen) atoms. The fourth-order valence-electron chi connectivity index (χ4n) is 5.22. The maximum Gasteiger partial charge on any atom is 0.418 e. The number of aromatic carboxylic acids is 1. The molecule has 1 aliphatic heterocycles. The van der Waals surface area contributed by atoms with Gasteiger partial charge in [-0.2, -0.15) is 0 Å². The fourth-order valence-corrected chi connectivity index (χ4v) is 5.22. The Morgan fingerprint density at radius 1 is 0.909 bits per heavy atom. The number of hydrogen-bond donors (Lipinski definition) is 1. The van der Waals surface area contributed by atoms with E-state index in [1.165, 1.54) is 4.57 Å². The monoisotopic (exact) mass is 592 g/mol. The molecule has 0 saturated heterocycles. The van der Waals surface area contributed by atoms with E-state index in [4.69, 9.17) is 23.9 Å². The number of benzene rings is 3. The van der Waals surface area contributed by atoms with E-state index in [9.17, 15) is 14.7 Å². The summed E-state index contributed by atoms with van der Waals surface area (Å²) in [6.07, 6.45) is 1.70. The second kappa shape index (κ2) is 11.8. The minimum absolute atomic E-state index is 0.0497. The Bertz CT molecular complexity index is 1840. The summed E-state index contributed by atoms with van der Waals surface area (Å²) < 4.78 is 25.6. The van der Waals surface area contributed by atoms with Gasteiger partial charge < -0.3 is 24.1 Å². The molecule has 0 radical (unpaired) electrons. The Hall–Kier alpha value is -5.31. The van der Waals surface area contributed by atoms with E-state index in [1.807, 2.05) is 99.6 Å². The first-order valence-electron chi connectivity index (χ1n) is 14.3. The topological polar surface area (TPSA) is 109 Å². The highest BCUT2D eigenvalue weighted by Crippen LogP contribution is 2.47. The number of ether oxygens (including phenoxy) is 4. The summed E-state index contributed by atoms with van der Waals surface area (Å²) in [4.78, 5) is 30.4. The lowest BCUT2D eigenvalue weighted by Crippen LogP contribution is -2.26. The van der Waals surface area contributed by atoms with Crippen molar-refractivity contribution in [3.63, 3.8) is 0 Å². The van der Waals surface area contributed by atoms with E-state index >= 15 is 0 Å². The van der Waals surface area contributed by atoms with Crippen LogP contribution in [0.2, 0.25) is 0 Å². The van der Waals surface area contributed by atoms with Crippen molar-refractivity contribution in [3.05, 3.63) is 107 Å². The van der Waals surface area contributed by atoms with Crippen LogP contribution >= 0.6 is 0 Å². The molecule has 5 aromatic rings. The van der Waals surface area contributed by atoms with Crippen molar-refractivity contribution in [3.8, 4) is 28.6 Å². The van der Waals surface area contributed by atoms with Crippen molar-refractivity contribution in [1.29, 1.82) is 0 Å². The number of carboxylic acids is 1. The third kappa shape index (κ3) is 5.81. The summed E-state index contributed by atoms with van der Waals surface area (Å²) >= 11 is 0. The van der Waals surface area contributed by atoms with Gasteiger partial charge in [0.1, 0.15) is 24.5 Å². The third-order valence-corrected chi connectivity index (χ3v) is 7.16. The molecular formula is C35H32N2O7. The number of rotatable bonds is 7. The Labute approximate surface area is 254 Å². The van der Waals surface area contributed by atoms with Crippen LogP contribution < -0.4 is 14.2 Å². The highest BCUT2D eigenvalue weighted by molar-refractivity contribution is 5.99. The van der Waals surface area contributed by atoms with Crippen LogP contribution in [0, 0.1) is 0 Å². The average Bonchev–Trinajstić information content (AvgIpc) is 3.35. The first-order chi connectivity index (χ1) is 21.2. The van der Waals surface area contributed by atoms with Gasteiger partial charge in [0.15, 0.2) is 17.1 Å². The summed E-state index contributed by atoms with van der Waals surface area (Å²) in [5.74, 6) is -1.04. The van der Waals surface area contributed by atoms with Crippen LogP contribution in [-0.4, -0.2) is 38.9 Å². The molecule has 0 amide bonds. The smallest absolute Gasteiger partial charge is 0.418 e. The highest BCUT2D eigenvalue weighted by Gasteiger charge is 2.32. The van der Waals surface area contributed by atoms with Gasteiger partial charge in [-0.3, -0.25) is 4.57 Å². The summed E-state index contributed by atoms with van der Waals surface area (Å²) in [6.45, 7) is 5.93. The van der Waals surface area contributed by atoms with E-state index in [-0.39, 0.29) is 42.8 Å². The van der Waals surface area contributed by atoms with Gasteiger partial charge in [-0.1, -0.05) is 66.7 Å². The number of nitrogens with zero attached hydrogens (tertiary/aromatic N) is 2. The molecule has 6 rings (SSSR count). The quantitative estimate of drug-likeness (QED) is 0.210. The first-order valence-corrected chi connectivity index (χ1v) is 14.3. The second-order valence-electron chi connectivity index (χ2n) is 11.4. The molecule has 0 spiro atoms. The Morgan fingerprint density at radius 3 is 2.20 bits per heavy atom. The maximum atomic E-state index is 13.0. The normalized spacial score (nSPS) is 12.4. The van der Waals surface area contributed by atoms with Crippen LogP contribution in [0.3, 0.4) is 0 Å². The van der Waals surface area contributed by atoms with Crippen LogP contribution in [0.15, 0.2) is 85.1 Å². The molecule has 3 aromatic carbocycles. The van der Waals surface area contributed by atoms with Gasteiger partial charge >= 0.3 is 12.1 Å². The molecule has 224 valence electrons. The summed E-state index contributed by atoms with van der Waals surface area (Å²) in [7, 11) is 0. The molecule has 2 aromatic heterocycles. The van der Waals surface area contributed by atoms with Crippen LogP contribution in [0.1, 0.15) is 47.8 Å². The van der Waals surface area contributed by atoms with Gasteiger partial charge in [-0.25, -0.2) is 14.6 Å². The average molecular weight is 593 g/mol. The molecule has 0 fully saturated rings. The molecule has 0 atom stereocenters. The Kier molecular flexibility index (Phi) is 7.69. The van der Waals surface area contributed by atoms with E-state index in [1.54, 1.807) is 6.20 Å². The van der Waals surface area contributed by atoms with Gasteiger partial charge in [0, 0.05) is 23.6 Å². The highest BCUT2D eigenvalue weighted by atomic mass is 16.6. The van der Waals surface area contributed by atoms with Crippen molar-refractivity contribution in [2.45, 2.75) is 46.0 Å². The largest absolute Gasteiger partial charge is 0.487 e. The maximum absolute atomic E-state index is 13.0. The molecule has 3 heterocycles. The van der Waals surface area contributed by atoms with Crippen molar-refractivity contribution in [2.75, 3.05) is 6.61 Å². The lowest BCUT2D eigenvalue weighted by atomic mass is 9.97. The molecule has 0 saturated carbocycles. The Balaban J connectivity index is 1.49. The van der Waals surface area contributed by atoms with Gasteiger partial charge in [0.2, 0.25) is 5.88 Å². The first kappa shape index (κ1) is 28.8. The number of pyridine rings is 1. The van der Waals surface area contributed by atoms with E-state index < -0.39 is 17.7 Å². The van der Waals surface area contributed by atoms with Gasteiger partial charge in [-0.15, -0.1) is 0 Å². The van der Waals surface area contributed by atoms with Crippen molar-refractivity contribution < 1.29 is 33.6 Å². The number of hydrogen-bond acceptors (Lipinski definition) is 7. The van der Waals surface area contributed by atoms with E-state index in [0.29, 0.717) is 17.6 Å². The van der Waals surface area contributed by atoms with E-state index in [2.05, 4.69) is 0 Å². The second-order valence-corrected chi connectivity index (χ2v) is 11.4. The van der Waals surface area contributed by atoms with Crippen LogP contribution in [0.25, 0.3) is 22.2 Å². The molecular weight excluding hydrogens is 560 g/mol. The zero-order valence-corrected chi connectivity index (χ0v) is 24.7. The standard InChI is InChI=1S/C35H32N2O7/c1-35(2,3)44-34(40)37-18-16-25-24-17-19-41-31-29(26(24)14-15-27(25)37)36-32(43-21-23-12-8-5-9-13-23)28(33(38)39)30(31)42-20-22-10-6-4-7-11-22/h4-16,18H,17,19-21H2,1-3H3,(H,38,39). The fraction of sp³-hybridized carbons (Fsp3) is 0.229. The molecule has 0 aliphatic carbocycles. The van der Waals surface area contributed by atoms with E-state index in [0.717, 1.165) is 27.6 Å². The molecule has 9 heteroatoms. The molecule has 9 nitrogen and oxygen atoms in total. The summed E-state index contributed by atoms with van der Waals surface area (Å²) in [5, 5.41) is 11.2. The summed E-state index contributed by atoms with van der Waals surface area (Å²) in [6, 6.07) is 24.5. The third-order valence-electron chi connectivity index (χ3n) is 7.16. The number of aromatic nitrogens is 2. The van der Waals surface area contributed by atoms with Crippen molar-refractivity contribution in [1.82, 2.24) is 9.55 Å². The van der Waals surface area contributed by atoms with Gasteiger partial charge in [-0.05, 0) is 49.6 Å². The number of carboxylic acid groups (broad SMARTS) is 1. The predicted octanol–water partition coefficient (Wildman–Crippen LogP) is 7.28. The molecule has 1 N–H and O–H groups in total. The zero-order chi connectivity index (χ0) is 30.8. The molecule has 0 bridgehead atoms. The molecule has 1 aliphatic rings. The number of fused-ring (bicyclic) bond motifs is 5. The lowest BCUT2D eigenvalue weighted by Gasteiger charge is -2.20. The SMILES string of the molecule is CC(C)(C)OC(=O)n1ccc2c3c(ccc21)-c1nc(OCc2ccccc2)c(C(=O)O)c(OCc2ccccc2)c1OCC3. The van der Waals surface area contributed by atoms with Crippen molar-refractivity contribution >= 4 is 23.0 Å². The number of carbonyl (C=O) groups excluding carboxylic acids is 1. The minimum atomic E-state index is -1.25. The van der Waals surface area contributed by atoms with Crippen molar-refractivity contribution in [2.24, 2.45) is 0 Å². The van der Waals surface area contributed by atoms with Gasteiger partial charge in [0.05, 0.1) is 12.1 Å².